The number of aryl methyl sites for hydroxylation is 3. The maximum absolute atomic E-state index is 12.4. The molecule has 138 valence electrons. The molecule has 26 heavy (non-hydrogen) atoms. The Labute approximate surface area is 163 Å². The number of benzene rings is 1. The number of carbonyl (C=O) groups excluding carboxylic acids is 1. The Bertz CT molecular complexity index is 821. The van der Waals surface area contributed by atoms with Crippen LogP contribution in [0.2, 0.25) is 0 Å². The standard InChI is InChI=1S/C20H25N3OS2/c1-5-15-10-16-19(22-17(6-2)23-20(16)26-15)25-11-18(24)21-14-8-12(3)7-13(4)9-14/h7-10,19H,5-6,11H2,1-4H3,(H,21,24)(H,22,23). The van der Waals surface area contributed by atoms with E-state index in [2.05, 4.69) is 36.6 Å². The first kappa shape index (κ1) is 19.0. The van der Waals surface area contributed by atoms with Gasteiger partial charge in [0.05, 0.1) is 5.75 Å². The minimum atomic E-state index is -0.0113. The number of thioether (sulfide) groups is 1. The van der Waals surface area contributed by atoms with Crippen LogP contribution in [0.5, 0.6) is 0 Å². The summed E-state index contributed by atoms with van der Waals surface area (Å²) in [4.78, 5) is 18.5. The van der Waals surface area contributed by atoms with E-state index in [0.29, 0.717) is 5.75 Å². The molecule has 1 unspecified atom stereocenters. The second kappa shape index (κ2) is 8.27. The first-order chi connectivity index (χ1) is 12.5. The third-order valence-electron chi connectivity index (χ3n) is 4.17. The smallest absolute Gasteiger partial charge is 0.234 e. The molecule has 0 spiro atoms. The average Bonchev–Trinajstić information content (AvgIpc) is 3.01. The molecule has 1 atom stereocenters. The minimum absolute atomic E-state index is 0.0113. The van der Waals surface area contributed by atoms with Gasteiger partial charge in [0.2, 0.25) is 5.91 Å². The van der Waals surface area contributed by atoms with Crippen molar-refractivity contribution in [2.45, 2.75) is 45.9 Å². The number of rotatable bonds is 6. The van der Waals surface area contributed by atoms with Crippen molar-refractivity contribution >= 4 is 45.5 Å². The van der Waals surface area contributed by atoms with Crippen LogP contribution in [0.3, 0.4) is 0 Å². The Morgan fingerprint density at radius 1 is 1.19 bits per heavy atom. The van der Waals surface area contributed by atoms with Crippen LogP contribution in [0.25, 0.3) is 0 Å². The summed E-state index contributed by atoms with van der Waals surface area (Å²) in [5.74, 6) is 1.39. The second-order valence-corrected chi connectivity index (χ2v) is 8.70. The molecule has 2 heterocycles. The van der Waals surface area contributed by atoms with Gasteiger partial charge in [-0.25, -0.2) is 0 Å². The van der Waals surface area contributed by atoms with Crippen LogP contribution in [-0.4, -0.2) is 17.5 Å². The van der Waals surface area contributed by atoms with Crippen LogP contribution in [0.1, 0.15) is 47.2 Å². The van der Waals surface area contributed by atoms with Gasteiger partial charge >= 0.3 is 0 Å². The summed E-state index contributed by atoms with van der Waals surface area (Å²) < 4.78 is 0. The first-order valence-corrected chi connectivity index (χ1v) is 10.8. The van der Waals surface area contributed by atoms with Crippen molar-refractivity contribution in [2.24, 2.45) is 4.99 Å². The zero-order chi connectivity index (χ0) is 18.7. The number of nitrogens with zero attached hydrogens (tertiary/aromatic N) is 1. The zero-order valence-electron chi connectivity index (χ0n) is 15.7. The highest BCUT2D eigenvalue weighted by atomic mass is 32.2. The SMILES string of the molecule is CCC1=NC(SCC(=O)Nc2cc(C)cc(C)c2)c2cc(CC)sc2N1. The number of hydrogen-bond donors (Lipinski definition) is 2. The molecule has 0 saturated heterocycles. The molecule has 0 bridgehead atoms. The molecule has 1 aliphatic rings. The molecule has 1 aliphatic heterocycles. The Kier molecular flexibility index (Phi) is 6.04. The fourth-order valence-electron chi connectivity index (χ4n) is 2.99. The van der Waals surface area contributed by atoms with E-state index in [9.17, 15) is 4.79 Å². The summed E-state index contributed by atoms with van der Waals surface area (Å²) in [6.07, 6.45) is 1.88. The summed E-state index contributed by atoms with van der Waals surface area (Å²) in [6.45, 7) is 8.34. The number of amides is 1. The van der Waals surface area contributed by atoms with E-state index in [1.54, 1.807) is 23.1 Å². The van der Waals surface area contributed by atoms with Crippen molar-refractivity contribution in [2.75, 3.05) is 16.4 Å². The zero-order valence-corrected chi connectivity index (χ0v) is 17.3. The van der Waals surface area contributed by atoms with E-state index in [1.807, 2.05) is 26.0 Å². The van der Waals surface area contributed by atoms with E-state index < -0.39 is 0 Å². The van der Waals surface area contributed by atoms with Gasteiger partial charge in [-0.2, -0.15) is 0 Å². The molecule has 1 aromatic carbocycles. The number of amidine groups is 1. The van der Waals surface area contributed by atoms with Gasteiger partial charge in [-0.15, -0.1) is 23.1 Å². The molecule has 2 N–H and O–H groups in total. The predicted molar refractivity (Wildman–Crippen MR) is 115 cm³/mol. The van der Waals surface area contributed by atoms with Crippen LogP contribution in [0.4, 0.5) is 10.7 Å². The number of carbonyl (C=O) groups is 1. The topological polar surface area (TPSA) is 53.5 Å². The van der Waals surface area contributed by atoms with E-state index in [-0.39, 0.29) is 11.3 Å². The molecule has 1 aromatic heterocycles. The van der Waals surface area contributed by atoms with Crippen molar-refractivity contribution < 1.29 is 4.79 Å². The predicted octanol–water partition coefficient (Wildman–Crippen LogP) is 5.53. The van der Waals surface area contributed by atoms with Crippen LogP contribution in [0, 0.1) is 13.8 Å². The lowest BCUT2D eigenvalue weighted by molar-refractivity contribution is -0.113. The van der Waals surface area contributed by atoms with Gasteiger partial charge in [-0.3, -0.25) is 9.79 Å². The molecule has 6 heteroatoms. The third-order valence-corrected chi connectivity index (χ3v) is 6.48. The lowest BCUT2D eigenvalue weighted by atomic mass is 10.1. The number of hydrogen-bond acceptors (Lipinski definition) is 5. The van der Waals surface area contributed by atoms with Crippen LogP contribution in [0.15, 0.2) is 29.3 Å². The molecule has 4 nitrogen and oxygen atoms in total. The number of thiophene rings is 1. The summed E-state index contributed by atoms with van der Waals surface area (Å²) >= 11 is 3.38. The number of aliphatic imine (C=N–C) groups is 1. The maximum Gasteiger partial charge on any atom is 0.234 e. The van der Waals surface area contributed by atoms with Gasteiger partial charge in [0.15, 0.2) is 0 Å². The van der Waals surface area contributed by atoms with Crippen molar-refractivity contribution in [3.8, 4) is 0 Å². The Morgan fingerprint density at radius 2 is 1.92 bits per heavy atom. The molecular formula is C20H25N3OS2. The number of anilines is 2. The highest BCUT2D eigenvalue weighted by Crippen LogP contribution is 2.43. The largest absolute Gasteiger partial charge is 0.335 e. The monoisotopic (exact) mass is 387 g/mol. The molecule has 2 aromatic rings. The molecular weight excluding hydrogens is 362 g/mol. The van der Waals surface area contributed by atoms with E-state index in [1.165, 1.54) is 15.4 Å². The third kappa shape index (κ3) is 4.48. The van der Waals surface area contributed by atoms with E-state index in [4.69, 9.17) is 4.99 Å². The van der Waals surface area contributed by atoms with Crippen molar-refractivity contribution in [1.82, 2.24) is 0 Å². The van der Waals surface area contributed by atoms with Crippen LogP contribution < -0.4 is 10.6 Å². The lowest BCUT2D eigenvalue weighted by Gasteiger charge is -2.21. The number of fused-ring (bicyclic) bond motifs is 1. The quantitative estimate of drug-likeness (QED) is 0.685. The second-order valence-electron chi connectivity index (χ2n) is 6.49. The van der Waals surface area contributed by atoms with Crippen molar-refractivity contribution in [3.05, 3.63) is 45.8 Å². The molecule has 0 radical (unpaired) electrons. The summed E-state index contributed by atoms with van der Waals surface area (Å²) in [7, 11) is 0. The Morgan fingerprint density at radius 3 is 2.58 bits per heavy atom. The Balaban J connectivity index is 1.67. The summed E-state index contributed by atoms with van der Waals surface area (Å²) in [6, 6.07) is 8.32. The van der Waals surface area contributed by atoms with Gasteiger partial charge in [0.25, 0.3) is 0 Å². The van der Waals surface area contributed by atoms with Gasteiger partial charge < -0.3 is 10.6 Å². The molecule has 0 fully saturated rings. The van der Waals surface area contributed by atoms with E-state index >= 15 is 0 Å². The molecule has 1 amide bonds. The highest BCUT2D eigenvalue weighted by molar-refractivity contribution is 8.00. The minimum Gasteiger partial charge on any atom is -0.335 e. The molecule has 3 rings (SSSR count). The fraction of sp³-hybridized carbons (Fsp3) is 0.400. The summed E-state index contributed by atoms with van der Waals surface area (Å²) in [5.41, 5.74) is 4.37. The normalized spacial score (nSPS) is 15.8. The first-order valence-electron chi connectivity index (χ1n) is 8.94. The summed E-state index contributed by atoms with van der Waals surface area (Å²) in [5, 5.41) is 7.60. The van der Waals surface area contributed by atoms with Gasteiger partial charge in [0.1, 0.15) is 16.2 Å². The Hall–Kier alpha value is -1.79. The van der Waals surface area contributed by atoms with Gasteiger partial charge in [-0.1, -0.05) is 19.9 Å². The van der Waals surface area contributed by atoms with Gasteiger partial charge in [0, 0.05) is 22.5 Å². The van der Waals surface area contributed by atoms with Gasteiger partial charge in [-0.05, 0) is 49.6 Å². The van der Waals surface area contributed by atoms with Crippen LogP contribution >= 0.6 is 23.1 Å². The highest BCUT2D eigenvalue weighted by Gasteiger charge is 2.24. The molecule has 0 aliphatic carbocycles. The lowest BCUT2D eigenvalue weighted by Crippen LogP contribution is -2.19. The van der Waals surface area contributed by atoms with Crippen molar-refractivity contribution in [3.63, 3.8) is 0 Å². The van der Waals surface area contributed by atoms with E-state index in [0.717, 1.165) is 35.5 Å². The number of nitrogens with one attached hydrogen (secondary N) is 2. The fourth-order valence-corrected chi connectivity index (χ4v) is 5.07. The average molecular weight is 388 g/mol. The molecule has 0 saturated carbocycles. The van der Waals surface area contributed by atoms with Crippen LogP contribution in [-0.2, 0) is 11.2 Å². The maximum atomic E-state index is 12.4. The van der Waals surface area contributed by atoms with Crippen molar-refractivity contribution in [1.29, 1.82) is 0 Å².